The predicted octanol–water partition coefficient (Wildman–Crippen LogP) is 3.71. The van der Waals surface area contributed by atoms with Crippen LogP contribution in [0.2, 0.25) is 0 Å². The molecule has 26 heavy (non-hydrogen) atoms. The number of hydrogen-bond donors (Lipinski definition) is 1. The van der Waals surface area contributed by atoms with Gasteiger partial charge in [-0.05, 0) is 42.5 Å². The average molecular weight is 355 g/mol. The maximum atomic E-state index is 11.6. The van der Waals surface area contributed by atoms with Crippen molar-refractivity contribution in [2.24, 2.45) is 0 Å². The van der Waals surface area contributed by atoms with Crippen molar-refractivity contribution in [3.8, 4) is 5.75 Å². The summed E-state index contributed by atoms with van der Waals surface area (Å²) in [7, 11) is 0. The summed E-state index contributed by atoms with van der Waals surface area (Å²) >= 11 is 0. The van der Waals surface area contributed by atoms with E-state index in [1.807, 2.05) is 42.5 Å². The van der Waals surface area contributed by atoms with Gasteiger partial charge >= 0.3 is 6.09 Å². The molecule has 2 aromatic rings. The standard InChI is InChI=1S/C21H25NO4/c23-21(26-14-18-7-2-1-3-8-18)22-13-5-4-6-17-9-11-19(12-10-17)24-15-20-16-25-20/h1-3,7-12,20H,4-6,13-16H2,(H,22,23). The largest absolute Gasteiger partial charge is 0.491 e. The fourth-order valence-electron chi connectivity index (χ4n) is 2.52. The summed E-state index contributed by atoms with van der Waals surface area (Å²) in [4.78, 5) is 11.6. The highest BCUT2D eigenvalue weighted by atomic mass is 16.6. The quantitative estimate of drug-likeness (QED) is 0.521. The van der Waals surface area contributed by atoms with Gasteiger partial charge in [0.1, 0.15) is 25.1 Å². The van der Waals surface area contributed by atoms with Gasteiger partial charge in [-0.15, -0.1) is 0 Å². The minimum atomic E-state index is -0.366. The summed E-state index contributed by atoms with van der Waals surface area (Å²) < 4.78 is 15.9. The van der Waals surface area contributed by atoms with Gasteiger partial charge in [0.25, 0.3) is 0 Å². The third-order valence-electron chi connectivity index (χ3n) is 4.14. The predicted molar refractivity (Wildman–Crippen MR) is 99.2 cm³/mol. The van der Waals surface area contributed by atoms with Crippen LogP contribution in [0.1, 0.15) is 24.0 Å². The number of carbonyl (C=O) groups excluding carboxylic acids is 1. The molecule has 1 fully saturated rings. The molecule has 1 amide bonds. The fraction of sp³-hybridized carbons (Fsp3) is 0.381. The maximum absolute atomic E-state index is 11.6. The highest BCUT2D eigenvalue weighted by Crippen LogP contribution is 2.16. The van der Waals surface area contributed by atoms with Gasteiger partial charge in [-0.1, -0.05) is 42.5 Å². The number of nitrogens with one attached hydrogen (secondary N) is 1. The monoisotopic (exact) mass is 355 g/mol. The molecule has 1 atom stereocenters. The van der Waals surface area contributed by atoms with E-state index in [0.29, 0.717) is 19.8 Å². The van der Waals surface area contributed by atoms with Crippen LogP contribution >= 0.6 is 0 Å². The zero-order valence-corrected chi connectivity index (χ0v) is 14.9. The minimum Gasteiger partial charge on any atom is -0.491 e. The van der Waals surface area contributed by atoms with Crippen molar-refractivity contribution >= 4 is 6.09 Å². The van der Waals surface area contributed by atoms with Gasteiger partial charge in [0.05, 0.1) is 6.61 Å². The summed E-state index contributed by atoms with van der Waals surface area (Å²) in [5.41, 5.74) is 2.26. The molecule has 1 N–H and O–H groups in total. The molecule has 0 aromatic heterocycles. The molecule has 0 aliphatic carbocycles. The Morgan fingerprint density at radius 1 is 1.04 bits per heavy atom. The number of epoxide rings is 1. The molecular weight excluding hydrogens is 330 g/mol. The van der Waals surface area contributed by atoms with Crippen LogP contribution in [0.3, 0.4) is 0 Å². The van der Waals surface area contributed by atoms with Crippen molar-refractivity contribution in [2.75, 3.05) is 19.8 Å². The summed E-state index contributed by atoms with van der Waals surface area (Å²) in [6.45, 7) is 2.36. The van der Waals surface area contributed by atoms with Crippen molar-refractivity contribution in [1.82, 2.24) is 5.32 Å². The lowest BCUT2D eigenvalue weighted by atomic mass is 10.1. The molecule has 138 valence electrons. The SMILES string of the molecule is O=C(NCCCCc1ccc(OCC2CO2)cc1)OCc1ccccc1. The molecule has 1 heterocycles. The summed E-state index contributed by atoms with van der Waals surface area (Å²) in [6.07, 6.45) is 2.82. The summed E-state index contributed by atoms with van der Waals surface area (Å²) in [5, 5.41) is 2.79. The van der Waals surface area contributed by atoms with Crippen molar-refractivity contribution in [3.63, 3.8) is 0 Å². The molecule has 3 rings (SSSR count). The lowest BCUT2D eigenvalue weighted by Crippen LogP contribution is -2.25. The van der Waals surface area contributed by atoms with Crippen LogP contribution in [-0.2, 0) is 22.5 Å². The van der Waals surface area contributed by atoms with E-state index < -0.39 is 0 Å². The number of unbranched alkanes of at least 4 members (excludes halogenated alkanes) is 1. The molecular formula is C21H25NO4. The second-order valence-electron chi connectivity index (χ2n) is 6.36. The van der Waals surface area contributed by atoms with E-state index in [9.17, 15) is 4.79 Å². The first-order valence-electron chi connectivity index (χ1n) is 9.07. The van der Waals surface area contributed by atoms with Crippen molar-refractivity contribution in [3.05, 3.63) is 65.7 Å². The van der Waals surface area contributed by atoms with E-state index in [1.54, 1.807) is 0 Å². The second kappa shape index (κ2) is 9.82. The van der Waals surface area contributed by atoms with Gasteiger partial charge in [-0.25, -0.2) is 4.79 Å². The molecule has 0 bridgehead atoms. The Kier molecular flexibility index (Phi) is 6.90. The normalized spacial score (nSPS) is 15.3. The molecule has 5 nitrogen and oxygen atoms in total. The number of hydrogen-bond acceptors (Lipinski definition) is 4. The van der Waals surface area contributed by atoms with Gasteiger partial charge in [0, 0.05) is 6.54 Å². The molecule has 0 spiro atoms. The Hall–Kier alpha value is -2.53. The average Bonchev–Trinajstić information content (AvgIpc) is 3.51. The highest BCUT2D eigenvalue weighted by molar-refractivity contribution is 5.67. The molecule has 1 aliphatic heterocycles. The minimum absolute atomic E-state index is 0.279. The maximum Gasteiger partial charge on any atom is 0.407 e. The first kappa shape index (κ1) is 18.3. The van der Waals surface area contributed by atoms with Gasteiger partial charge in [0.15, 0.2) is 0 Å². The molecule has 1 aliphatic rings. The van der Waals surface area contributed by atoms with Crippen LogP contribution in [0.15, 0.2) is 54.6 Å². The van der Waals surface area contributed by atoms with E-state index in [2.05, 4.69) is 17.4 Å². The molecule has 1 saturated heterocycles. The van der Waals surface area contributed by atoms with E-state index >= 15 is 0 Å². The number of benzene rings is 2. The first-order valence-corrected chi connectivity index (χ1v) is 9.07. The number of rotatable bonds is 10. The van der Waals surface area contributed by atoms with Gasteiger partial charge in [0.2, 0.25) is 0 Å². The molecule has 0 radical (unpaired) electrons. The lowest BCUT2D eigenvalue weighted by molar-refractivity contribution is 0.139. The number of aryl methyl sites for hydroxylation is 1. The second-order valence-corrected chi connectivity index (χ2v) is 6.36. The molecule has 1 unspecified atom stereocenters. The van der Waals surface area contributed by atoms with Crippen LogP contribution < -0.4 is 10.1 Å². The van der Waals surface area contributed by atoms with Crippen LogP contribution in [0.5, 0.6) is 5.75 Å². The van der Waals surface area contributed by atoms with Gasteiger partial charge in [-0.2, -0.15) is 0 Å². The van der Waals surface area contributed by atoms with Crippen LogP contribution in [0, 0.1) is 0 Å². The van der Waals surface area contributed by atoms with E-state index in [4.69, 9.17) is 14.2 Å². The van der Waals surface area contributed by atoms with Crippen molar-refractivity contribution in [1.29, 1.82) is 0 Å². The Balaban J connectivity index is 1.23. The smallest absolute Gasteiger partial charge is 0.407 e. The third-order valence-corrected chi connectivity index (χ3v) is 4.14. The van der Waals surface area contributed by atoms with Crippen LogP contribution in [0.25, 0.3) is 0 Å². The zero-order chi connectivity index (χ0) is 18.0. The van der Waals surface area contributed by atoms with E-state index in [-0.39, 0.29) is 12.2 Å². The van der Waals surface area contributed by atoms with Gasteiger partial charge in [-0.3, -0.25) is 0 Å². The third kappa shape index (κ3) is 6.76. The Morgan fingerprint density at radius 2 is 1.81 bits per heavy atom. The van der Waals surface area contributed by atoms with Gasteiger partial charge < -0.3 is 19.5 Å². The zero-order valence-electron chi connectivity index (χ0n) is 14.9. The number of amides is 1. The Bertz CT molecular complexity index is 668. The number of carbonyl (C=O) groups is 1. The van der Waals surface area contributed by atoms with Crippen molar-refractivity contribution in [2.45, 2.75) is 32.0 Å². The number of alkyl carbamates (subject to hydrolysis) is 1. The van der Waals surface area contributed by atoms with E-state index in [1.165, 1.54) is 5.56 Å². The fourth-order valence-corrected chi connectivity index (χ4v) is 2.52. The van der Waals surface area contributed by atoms with Crippen LogP contribution in [0.4, 0.5) is 4.79 Å². The topological polar surface area (TPSA) is 60.1 Å². The Morgan fingerprint density at radius 3 is 2.54 bits per heavy atom. The molecule has 2 aromatic carbocycles. The lowest BCUT2D eigenvalue weighted by Gasteiger charge is -2.08. The highest BCUT2D eigenvalue weighted by Gasteiger charge is 2.22. The molecule has 5 heteroatoms. The van der Waals surface area contributed by atoms with E-state index in [0.717, 1.165) is 37.2 Å². The molecule has 0 saturated carbocycles. The van der Waals surface area contributed by atoms with Crippen molar-refractivity contribution < 1.29 is 19.0 Å². The van der Waals surface area contributed by atoms with Crippen LogP contribution in [-0.4, -0.2) is 32.0 Å². The first-order chi connectivity index (χ1) is 12.8. The number of ether oxygens (including phenoxy) is 3. The Labute approximate surface area is 154 Å². The summed E-state index contributed by atoms with van der Waals surface area (Å²) in [5.74, 6) is 0.882. The summed E-state index contributed by atoms with van der Waals surface area (Å²) in [6, 6.07) is 17.8.